The Hall–Kier alpha value is -1.13. The standard InChI is InChI=1S/C12H18N2O2/c1-9-7-14(5-3-12(9)16)11-6-13-4-2-10(11)8-15/h2,4,6,9,12,15-16H,3,5,7-8H2,1H3. The molecule has 0 amide bonds. The van der Waals surface area contributed by atoms with Crippen molar-refractivity contribution in [3.63, 3.8) is 0 Å². The Labute approximate surface area is 95.5 Å². The van der Waals surface area contributed by atoms with E-state index in [-0.39, 0.29) is 18.6 Å². The SMILES string of the molecule is CC1CN(c2cnccc2CO)CCC1O. The molecule has 4 nitrogen and oxygen atoms in total. The van der Waals surface area contributed by atoms with Gasteiger partial charge in [0.15, 0.2) is 0 Å². The first-order valence-electron chi connectivity index (χ1n) is 5.69. The average Bonchev–Trinajstić information content (AvgIpc) is 2.32. The molecule has 2 atom stereocenters. The van der Waals surface area contributed by atoms with E-state index in [4.69, 9.17) is 0 Å². The highest BCUT2D eigenvalue weighted by Crippen LogP contribution is 2.25. The first-order chi connectivity index (χ1) is 7.72. The molecule has 1 aliphatic rings. The Kier molecular flexibility index (Phi) is 3.41. The molecular weight excluding hydrogens is 204 g/mol. The zero-order valence-electron chi connectivity index (χ0n) is 9.50. The Bertz CT molecular complexity index is 357. The molecule has 0 radical (unpaired) electrons. The molecule has 16 heavy (non-hydrogen) atoms. The summed E-state index contributed by atoms with van der Waals surface area (Å²) in [7, 11) is 0. The largest absolute Gasteiger partial charge is 0.393 e. The molecule has 0 aliphatic carbocycles. The fraction of sp³-hybridized carbons (Fsp3) is 0.583. The Morgan fingerprint density at radius 3 is 3.06 bits per heavy atom. The van der Waals surface area contributed by atoms with Gasteiger partial charge in [-0.05, 0) is 18.4 Å². The van der Waals surface area contributed by atoms with Gasteiger partial charge in [0, 0.05) is 24.8 Å². The second kappa shape index (κ2) is 4.80. The third kappa shape index (κ3) is 2.18. The molecule has 88 valence electrons. The van der Waals surface area contributed by atoms with Crippen LogP contribution in [0.25, 0.3) is 0 Å². The van der Waals surface area contributed by atoms with E-state index in [2.05, 4.69) is 9.88 Å². The predicted molar refractivity (Wildman–Crippen MR) is 62.2 cm³/mol. The molecule has 2 rings (SSSR count). The highest BCUT2D eigenvalue weighted by Gasteiger charge is 2.25. The number of piperidine rings is 1. The van der Waals surface area contributed by atoms with E-state index in [1.165, 1.54) is 0 Å². The monoisotopic (exact) mass is 222 g/mol. The molecule has 2 N–H and O–H groups in total. The van der Waals surface area contributed by atoms with Crippen LogP contribution >= 0.6 is 0 Å². The molecule has 4 heteroatoms. The molecule has 1 aromatic heterocycles. The quantitative estimate of drug-likeness (QED) is 0.776. The lowest BCUT2D eigenvalue weighted by Gasteiger charge is -2.36. The fourth-order valence-electron chi connectivity index (χ4n) is 2.19. The van der Waals surface area contributed by atoms with Crippen molar-refractivity contribution in [2.45, 2.75) is 26.1 Å². The van der Waals surface area contributed by atoms with Crippen LogP contribution in [0.2, 0.25) is 0 Å². The fourth-order valence-corrected chi connectivity index (χ4v) is 2.19. The topological polar surface area (TPSA) is 56.6 Å². The van der Waals surface area contributed by atoms with Crippen molar-refractivity contribution in [1.82, 2.24) is 4.98 Å². The van der Waals surface area contributed by atoms with Gasteiger partial charge >= 0.3 is 0 Å². The van der Waals surface area contributed by atoms with Crippen molar-refractivity contribution in [1.29, 1.82) is 0 Å². The molecule has 2 heterocycles. The number of rotatable bonds is 2. The van der Waals surface area contributed by atoms with E-state index < -0.39 is 0 Å². The zero-order chi connectivity index (χ0) is 11.5. The third-order valence-electron chi connectivity index (χ3n) is 3.26. The minimum atomic E-state index is -0.203. The highest BCUT2D eigenvalue weighted by atomic mass is 16.3. The van der Waals surface area contributed by atoms with Crippen LogP contribution in [-0.2, 0) is 6.61 Å². The number of aliphatic hydroxyl groups excluding tert-OH is 2. The molecule has 1 saturated heterocycles. The molecule has 1 fully saturated rings. The third-order valence-corrected chi connectivity index (χ3v) is 3.26. The van der Waals surface area contributed by atoms with Crippen molar-refractivity contribution in [2.75, 3.05) is 18.0 Å². The lowest BCUT2D eigenvalue weighted by atomic mass is 9.96. The molecule has 1 aliphatic heterocycles. The Morgan fingerprint density at radius 1 is 1.56 bits per heavy atom. The van der Waals surface area contributed by atoms with Gasteiger partial charge in [-0.25, -0.2) is 0 Å². The molecule has 0 bridgehead atoms. The maximum atomic E-state index is 9.68. The summed E-state index contributed by atoms with van der Waals surface area (Å²) in [6.07, 6.45) is 4.05. The first-order valence-corrected chi connectivity index (χ1v) is 5.69. The summed E-state index contributed by atoms with van der Waals surface area (Å²) < 4.78 is 0. The van der Waals surface area contributed by atoms with Gasteiger partial charge in [-0.1, -0.05) is 6.92 Å². The van der Waals surface area contributed by atoms with Crippen LogP contribution in [0.5, 0.6) is 0 Å². The van der Waals surface area contributed by atoms with Crippen LogP contribution < -0.4 is 4.90 Å². The lowest BCUT2D eigenvalue weighted by molar-refractivity contribution is 0.0969. The van der Waals surface area contributed by atoms with Crippen molar-refractivity contribution in [3.05, 3.63) is 24.0 Å². The highest BCUT2D eigenvalue weighted by molar-refractivity contribution is 5.51. The van der Waals surface area contributed by atoms with E-state index in [0.29, 0.717) is 0 Å². The van der Waals surface area contributed by atoms with E-state index >= 15 is 0 Å². The van der Waals surface area contributed by atoms with Gasteiger partial charge in [-0.3, -0.25) is 4.98 Å². The van der Waals surface area contributed by atoms with Crippen molar-refractivity contribution < 1.29 is 10.2 Å². The first kappa shape index (κ1) is 11.4. The molecule has 0 aromatic carbocycles. The summed E-state index contributed by atoms with van der Waals surface area (Å²) in [6, 6.07) is 1.84. The van der Waals surface area contributed by atoms with Crippen LogP contribution in [0.1, 0.15) is 18.9 Å². The number of aromatic nitrogens is 1. The Morgan fingerprint density at radius 2 is 2.38 bits per heavy atom. The van der Waals surface area contributed by atoms with Crippen molar-refractivity contribution in [2.24, 2.45) is 5.92 Å². The predicted octanol–water partition coefficient (Wildman–Crippen LogP) is 0.781. The number of anilines is 1. The normalized spacial score (nSPS) is 25.8. The zero-order valence-corrected chi connectivity index (χ0v) is 9.50. The number of nitrogens with zero attached hydrogens (tertiary/aromatic N) is 2. The van der Waals surface area contributed by atoms with Crippen LogP contribution in [0.4, 0.5) is 5.69 Å². The Balaban J connectivity index is 2.18. The number of aliphatic hydroxyl groups is 2. The second-order valence-electron chi connectivity index (χ2n) is 4.44. The second-order valence-corrected chi connectivity index (χ2v) is 4.44. The summed E-state index contributed by atoms with van der Waals surface area (Å²) in [5.41, 5.74) is 1.89. The minimum Gasteiger partial charge on any atom is -0.393 e. The van der Waals surface area contributed by atoms with E-state index in [9.17, 15) is 10.2 Å². The van der Waals surface area contributed by atoms with Crippen LogP contribution in [0, 0.1) is 5.92 Å². The maximum Gasteiger partial charge on any atom is 0.0703 e. The van der Waals surface area contributed by atoms with Gasteiger partial charge in [0.05, 0.1) is 24.6 Å². The summed E-state index contributed by atoms with van der Waals surface area (Å²) in [5, 5.41) is 18.9. The smallest absolute Gasteiger partial charge is 0.0703 e. The molecule has 1 aromatic rings. The summed E-state index contributed by atoms with van der Waals surface area (Å²) in [5.74, 6) is 0.264. The number of hydrogen-bond donors (Lipinski definition) is 2. The molecule has 0 saturated carbocycles. The van der Waals surface area contributed by atoms with Crippen LogP contribution in [0.15, 0.2) is 18.5 Å². The summed E-state index contributed by atoms with van der Waals surface area (Å²) in [4.78, 5) is 6.29. The van der Waals surface area contributed by atoms with Gasteiger partial charge in [0.2, 0.25) is 0 Å². The summed E-state index contributed by atoms with van der Waals surface area (Å²) in [6.45, 7) is 3.72. The number of hydrogen-bond acceptors (Lipinski definition) is 4. The van der Waals surface area contributed by atoms with Gasteiger partial charge < -0.3 is 15.1 Å². The van der Waals surface area contributed by atoms with Gasteiger partial charge in [-0.2, -0.15) is 0 Å². The van der Waals surface area contributed by atoms with Crippen molar-refractivity contribution >= 4 is 5.69 Å². The van der Waals surface area contributed by atoms with Crippen LogP contribution in [0.3, 0.4) is 0 Å². The molecule has 2 unspecified atom stereocenters. The molecular formula is C12H18N2O2. The lowest BCUT2D eigenvalue weighted by Crippen LogP contribution is -2.42. The summed E-state index contributed by atoms with van der Waals surface area (Å²) >= 11 is 0. The van der Waals surface area contributed by atoms with E-state index in [1.807, 2.05) is 13.0 Å². The average molecular weight is 222 g/mol. The minimum absolute atomic E-state index is 0.0330. The van der Waals surface area contributed by atoms with Gasteiger partial charge in [0.25, 0.3) is 0 Å². The molecule has 0 spiro atoms. The van der Waals surface area contributed by atoms with E-state index in [0.717, 1.165) is 30.8 Å². The van der Waals surface area contributed by atoms with E-state index in [1.54, 1.807) is 12.4 Å². The van der Waals surface area contributed by atoms with Crippen molar-refractivity contribution in [3.8, 4) is 0 Å². The number of pyridine rings is 1. The maximum absolute atomic E-state index is 9.68. The van der Waals surface area contributed by atoms with Gasteiger partial charge in [0.1, 0.15) is 0 Å². The van der Waals surface area contributed by atoms with Crippen LogP contribution in [-0.4, -0.2) is 34.4 Å². The van der Waals surface area contributed by atoms with Gasteiger partial charge in [-0.15, -0.1) is 0 Å².